The number of hydrazone groups is 1. The third kappa shape index (κ3) is 5.34. The molecule has 1 amide bonds. The van der Waals surface area contributed by atoms with Crippen molar-refractivity contribution in [3.63, 3.8) is 0 Å². The molecule has 0 saturated carbocycles. The van der Waals surface area contributed by atoms with Crippen molar-refractivity contribution in [3.8, 4) is 11.1 Å². The third-order valence-electron chi connectivity index (χ3n) is 6.74. The molecule has 0 spiro atoms. The summed E-state index contributed by atoms with van der Waals surface area (Å²) in [6.07, 6.45) is -0.0764. The van der Waals surface area contributed by atoms with Crippen LogP contribution in [0.4, 0.5) is 5.69 Å². The molecule has 1 aliphatic heterocycles. The molecule has 1 aromatic heterocycles. The maximum Gasteiger partial charge on any atom is 0.303 e. The van der Waals surface area contributed by atoms with Crippen LogP contribution in [0.1, 0.15) is 42.9 Å². The minimum atomic E-state index is -1.03. The van der Waals surface area contributed by atoms with Gasteiger partial charge in [0.2, 0.25) is 5.91 Å². The number of nitrogens with one attached hydrogen (secondary N) is 1. The summed E-state index contributed by atoms with van der Waals surface area (Å²) in [5.41, 5.74) is 2.42. The summed E-state index contributed by atoms with van der Waals surface area (Å²) >= 11 is 6.34. The van der Waals surface area contributed by atoms with Gasteiger partial charge in [-0.2, -0.15) is 5.10 Å². The fourth-order valence-corrected chi connectivity index (χ4v) is 5.12. The lowest BCUT2D eigenvalue weighted by molar-refractivity contribution is -0.385. The zero-order valence-electron chi connectivity index (χ0n) is 21.0. The van der Waals surface area contributed by atoms with Crippen LogP contribution in [-0.2, 0) is 9.59 Å². The molecule has 1 aliphatic rings. The number of fused-ring (bicyclic) bond motifs is 1. The molecule has 0 radical (unpaired) electrons. The zero-order chi connectivity index (χ0) is 28.4. The first-order valence-electron chi connectivity index (χ1n) is 12.5. The Labute approximate surface area is 232 Å². The predicted octanol–water partition coefficient (Wildman–Crippen LogP) is 5.69. The van der Waals surface area contributed by atoms with Crippen LogP contribution in [0.5, 0.6) is 0 Å². The van der Waals surface area contributed by atoms with Crippen LogP contribution in [0, 0.1) is 10.1 Å². The number of amides is 1. The Morgan fingerprint density at radius 3 is 2.55 bits per heavy atom. The normalized spacial score (nSPS) is 14.8. The second kappa shape index (κ2) is 11.1. The number of non-ortho nitro benzene ring substituents is 1. The highest BCUT2D eigenvalue weighted by molar-refractivity contribution is 6.31. The quantitative estimate of drug-likeness (QED) is 0.210. The first-order chi connectivity index (χ1) is 19.2. The number of aliphatic carboxylic acids is 1. The molecule has 202 valence electrons. The standard InChI is InChI=1S/C29H23ClN4O6/c30-19-12-13-22-21(15-19)27(17-6-2-1-3-7-17)28(29(38)31-22)23-16-24(18-8-4-9-20(14-18)34(39)40)33(32-23)25(35)10-5-11-26(36)37/h1-4,6-9,12-15,24H,5,10-11,16H2,(H,31,38)(H,36,37)/t24-/m0/s1. The summed E-state index contributed by atoms with van der Waals surface area (Å²) in [5.74, 6) is -1.48. The highest BCUT2D eigenvalue weighted by atomic mass is 35.5. The second-order valence-corrected chi connectivity index (χ2v) is 9.80. The van der Waals surface area contributed by atoms with Crippen molar-refractivity contribution in [2.24, 2.45) is 5.10 Å². The van der Waals surface area contributed by atoms with Crippen LogP contribution in [0.3, 0.4) is 0 Å². The molecule has 3 aromatic carbocycles. The Balaban J connectivity index is 1.67. The van der Waals surface area contributed by atoms with E-state index in [4.69, 9.17) is 16.7 Å². The number of aromatic nitrogens is 1. The van der Waals surface area contributed by atoms with Gasteiger partial charge in [0.1, 0.15) is 0 Å². The summed E-state index contributed by atoms with van der Waals surface area (Å²) in [7, 11) is 0. The van der Waals surface area contributed by atoms with E-state index in [1.165, 1.54) is 23.2 Å². The van der Waals surface area contributed by atoms with Gasteiger partial charge in [0.05, 0.1) is 22.2 Å². The SMILES string of the molecule is O=C(O)CCCC(=O)N1N=C(c2c(-c3ccccc3)c3cc(Cl)ccc3[nH]c2=O)C[C@H]1c1cccc([N+](=O)[O-])c1. The molecule has 0 aliphatic carbocycles. The molecule has 11 heteroatoms. The molecule has 0 unspecified atom stereocenters. The number of benzene rings is 3. The van der Waals surface area contributed by atoms with Gasteiger partial charge >= 0.3 is 5.97 Å². The number of H-pyrrole nitrogens is 1. The molecule has 1 atom stereocenters. The van der Waals surface area contributed by atoms with Crippen molar-refractivity contribution in [1.82, 2.24) is 9.99 Å². The first kappa shape index (κ1) is 26.8. The van der Waals surface area contributed by atoms with E-state index in [1.807, 2.05) is 30.3 Å². The predicted molar refractivity (Wildman–Crippen MR) is 150 cm³/mol. The fourth-order valence-electron chi connectivity index (χ4n) is 4.95. The number of aromatic amines is 1. The zero-order valence-corrected chi connectivity index (χ0v) is 21.8. The molecule has 0 saturated heterocycles. The van der Waals surface area contributed by atoms with Gasteiger partial charge in [0.15, 0.2) is 0 Å². The molecular formula is C29H23ClN4O6. The van der Waals surface area contributed by atoms with Crippen LogP contribution >= 0.6 is 11.6 Å². The highest BCUT2D eigenvalue weighted by Gasteiger charge is 2.35. The molecule has 4 aromatic rings. The van der Waals surface area contributed by atoms with Crippen molar-refractivity contribution < 1.29 is 19.6 Å². The van der Waals surface area contributed by atoms with Crippen LogP contribution < -0.4 is 5.56 Å². The lowest BCUT2D eigenvalue weighted by Gasteiger charge is -2.22. The smallest absolute Gasteiger partial charge is 0.303 e. The molecule has 5 rings (SSSR count). The maximum atomic E-state index is 13.6. The van der Waals surface area contributed by atoms with Gasteiger partial charge in [0, 0.05) is 52.9 Å². The van der Waals surface area contributed by atoms with Crippen molar-refractivity contribution in [3.05, 3.63) is 109 Å². The summed E-state index contributed by atoms with van der Waals surface area (Å²) in [6.45, 7) is 0. The number of pyridine rings is 1. The van der Waals surface area contributed by atoms with Gasteiger partial charge in [-0.1, -0.05) is 54.1 Å². The number of rotatable bonds is 8. The summed E-state index contributed by atoms with van der Waals surface area (Å²) in [5, 5.41) is 27.4. The van der Waals surface area contributed by atoms with Crippen molar-refractivity contribution in [1.29, 1.82) is 0 Å². The van der Waals surface area contributed by atoms with E-state index < -0.39 is 28.4 Å². The Kier molecular flexibility index (Phi) is 7.43. The van der Waals surface area contributed by atoms with E-state index in [-0.39, 0.29) is 36.9 Å². The molecule has 40 heavy (non-hydrogen) atoms. The molecular weight excluding hydrogens is 536 g/mol. The fraction of sp³-hybridized carbons (Fsp3) is 0.172. The number of hydrogen-bond donors (Lipinski definition) is 2. The topological polar surface area (TPSA) is 146 Å². The Hall–Kier alpha value is -4.83. The molecule has 0 bridgehead atoms. The maximum absolute atomic E-state index is 13.6. The van der Waals surface area contributed by atoms with E-state index in [1.54, 1.807) is 24.3 Å². The number of nitro groups is 1. The van der Waals surface area contributed by atoms with E-state index in [2.05, 4.69) is 10.1 Å². The summed E-state index contributed by atoms with van der Waals surface area (Å²) < 4.78 is 0. The monoisotopic (exact) mass is 558 g/mol. The number of carbonyl (C=O) groups is 2. The highest BCUT2D eigenvalue weighted by Crippen LogP contribution is 2.38. The Bertz CT molecular complexity index is 1730. The van der Waals surface area contributed by atoms with E-state index >= 15 is 0 Å². The number of hydrogen-bond acceptors (Lipinski definition) is 6. The average molecular weight is 559 g/mol. The van der Waals surface area contributed by atoms with Gasteiger partial charge in [0.25, 0.3) is 11.2 Å². The van der Waals surface area contributed by atoms with E-state index in [0.29, 0.717) is 32.8 Å². The van der Waals surface area contributed by atoms with Crippen molar-refractivity contribution >= 4 is 45.8 Å². The Morgan fingerprint density at radius 2 is 1.82 bits per heavy atom. The number of nitrogens with zero attached hydrogens (tertiary/aromatic N) is 3. The molecule has 2 heterocycles. The summed E-state index contributed by atoms with van der Waals surface area (Å²) in [6, 6.07) is 19.6. The van der Waals surface area contributed by atoms with Gasteiger partial charge in [-0.3, -0.25) is 24.5 Å². The first-order valence-corrected chi connectivity index (χ1v) is 12.9. The van der Waals surface area contributed by atoms with E-state index in [9.17, 15) is 24.5 Å². The van der Waals surface area contributed by atoms with Gasteiger partial charge < -0.3 is 10.1 Å². The average Bonchev–Trinajstić information content (AvgIpc) is 3.38. The number of halogens is 1. The minimum Gasteiger partial charge on any atom is -0.481 e. The largest absolute Gasteiger partial charge is 0.481 e. The third-order valence-corrected chi connectivity index (χ3v) is 6.98. The summed E-state index contributed by atoms with van der Waals surface area (Å²) in [4.78, 5) is 51.7. The van der Waals surface area contributed by atoms with Gasteiger partial charge in [-0.25, -0.2) is 5.01 Å². The lowest BCUT2D eigenvalue weighted by atomic mass is 9.91. The number of nitro benzene ring substituents is 1. The van der Waals surface area contributed by atoms with E-state index in [0.717, 1.165) is 5.56 Å². The van der Waals surface area contributed by atoms with Crippen LogP contribution in [0.15, 0.2) is 82.7 Å². The molecule has 2 N–H and O–H groups in total. The second-order valence-electron chi connectivity index (χ2n) is 9.36. The van der Waals surface area contributed by atoms with Gasteiger partial charge in [-0.15, -0.1) is 0 Å². The van der Waals surface area contributed by atoms with Crippen molar-refractivity contribution in [2.45, 2.75) is 31.7 Å². The van der Waals surface area contributed by atoms with Crippen LogP contribution in [0.2, 0.25) is 5.02 Å². The minimum absolute atomic E-state index is 0.0935. The number of carboxylic acid groups (broad SMARTS) is 1. The van der Waals surface area contributed by atoms with Crippen LogP contribution in [-0.4, -0.2) is 37.6 Å². The Morgan fingerprint density at radius 1 is 1.05 bits per heavy atom. The number of carbonyl (C=O) groups excluding carboxylic acids is 1. The van der Waals surface area contributed by atoms with Gasteiger partial charge in [-0.05, 0) is 35.7 Å². The molecule has 10 nitrogen and oxygen atoms in total. The van der Waals surface area contributed by atoms with Crippen molar-refractivity contribution in [2.75, 3.05) is 0 Å². The lowest BCUT2D eigenvalue weighted by Crippen LogP contribution is -2.27. The van der Waals surface area contributed by atoms with Crippen LogP contribution in [0.25, 0.3) is 22.0 Å². The number of carboxylic acids is 1. The molecule has 0 fully saturated rings.